The Morgan fingerprint density at radius 2 is 1.95 bits per heavy atom. The second-order valence-electron chi connectivity index (χ2n) is 4.96. The molecule has 0 saturated heterocycles. The first-order chi connectivity index (χ1) is 9.82. The van der Waals surface area contributed by atoms with E-state index >= 15 is 0 Å². The lowest BCUT2D eigenvalue weighted by Crippen LogP contribution is -2.39. The van der Waals surface area contributed by atoms with Crippen molar-refractivity contribution in [3.05, 3.63) is 29.8 Å². The lowest BCUT2D eigenvalue weighted by atomic mass is 10.0. The molecule has 0 aromatic heterocycles. The standard InChI is InChI=1S/C15H23F3N2O/c1-4-11(3)20(5-2)14(10-19)12-7-6-8-13(9-12)21-15(16,17)18/h6-9,11,14H,4-5,10,19H2,1-3H3. The van der Waals surface area contributed by atoms with Gasteiger partial charge in [0.15, 0.2) is 0 Å². The second kappa shape index (κ2) is 7.66. The van der Waals surface area contributed by atoms with E-state index in [1.165, 1.54) is 12.1 Å². The molecule has 120 valence electrons. The Kier molecular flexibility index (Phi) is 6.48. The summed E-state index contributed by atoms with van der Waals surface area (Å²) in [5, 5.41) is 0. The lowest BCUT2D eigenvalue weighted by Gasteiger charge is -2.35. The van der Waals surface area contributed by atoms with Crippen LogP contribution in [0.15, 0.2) is 24.3 Å². The maximum Gasteiger partial charge on any atom is 0.573 e. The summed E-state index contributed by atoms with van der Waals surface area (Å²) in [6.07, 6.45) is -3.74. The Balaban J connectivity index is 3.02. The van der Waals surface area contributed by atoms with Crippen LogP contribution in [0, 0.1) is 0 Å². The molecule has 0 aliphatic heterocycles. The predicted octanol–water partition coefficient (Wildman–Crippen LogP) is 3.71. The minimum Gasteiger partial charge on any atom is -0.406 e. The normalized spacial score (nSPS) is 15.0. The SMILES string of the molecule is CCC(C)N(CC)C(CN)c1cccc(OC(F)(F)F)c1. The summed E-state index contributed by atoms with van der Waals surface area (Å²) in [5.74, 6) is -0.210. The number of nitrogens with two attached hydrogens (primary N) is 1. The average Bonchev–Trinajstić information content (AvgIpc) is 2.42. The van der Waals surface area contributed by atoms with Crippen molar-refractivity contribution in [3.8, 4) is 5.75 Å². The summed E-state index contributed by atoms with van der Waals surface area (Å²) in [4.78, 5) is 2.19. The molecule has 0 spiro atoms. The van der Waals surface area contributed by atoms with Gasteiger partial charge in [-0.25, -0.2) is 0 Å². The summed E-state index contributed by atoms with van der Waals surface area (Å²) in [6, 6.07) is 6.23. The van der Waals surface area contributed by atoms with Gasteiger partial charge >= 0.3 is 6.36 Å². The van der Waals surface area contributed by atoms with E-state index in [1.807, 2.05) is 6.92 Å². The fourth-order valence-electron chi connectivity index (χ4n) is 2.46. The molecule has 0 radical (unpaired) electrons. The number of benzene rings is 1. The Morgan fingerprint density at radius 3 is 2.43 bits per heavy atom. The van der Waals surface area contributed by atoms with Gasteiger partial charge in [0.2, 0.25) is 0 Å². The predicted molar refractivity (Wildman–Crippen MR) is 77.1 cm³/mol. The molecule has 0 saturated carbocycles. The van der Waals surface area contributed by atoms with Crippen LogP contribution in [-0.2, 0) is 0 Å². The zero-order valence-corrected chi connectivity index (χ0v) is 12.7. The molecule has 1 aromatic rings. The van der Waals surface area contributed by atoms with E-state index in [2.05, 4.69) is 23.5 Å². The van der Waals surface area contributed by atoms with Gasteiger partial charge in [0.25, 0.3) is 0 Å². The van der Waals surface area contributed by atoms with Crippen LogP contribution in [0.25, 0.3) is 0 Å². The molecule has 0 fully saturated rings. The third kappa shape index (κ3) is 5.21. The van der Waals surface area contributed by atoms with E-state index in [9.17, 15) is 13.2 Å². The molecule has 2 N–H and O–H groups in total. The Morgan fingerprint density at radius 1 is 1.29 bits per heavy atom. The largest absolute Gasteiger partial charge is 0.573 e. The molecule has 6 heteroatoms. The molecule has 0 bridgehead atoms. The summed E-state index contributed by atoms with van der Waals surface area (Å²) in [7, 11) is 0. The van der Waals surface area contributed by atoms with Crippen molar-refractivity contribution in [2.45, 2.75) is 45.6 Å². The second-order valence-corrected chi connectivity index (χ2v) is 4.96. The van der Waals surface area contributed by atoms with Crippen molar-refractivity contribution in [1.82, 2.24) is 4.90 Å². The summed E-state index contributed by atoms with van der Waals surface area (Å²) >= 11 is 0. The van der Waals surface area contributed by atoms with Crippen LogP contribution in [0.1, 0.15) is 38.8 Å². The van der Waals surface area contributed by atoms with Gasteiger partial charge in [-0.3, -0.25) is 4.90 Å². The maximum absolute atomic E-state index is 12.3. The molecule has 2 unspecified atom stereocenters. The van der Waals surface area contributed by atoms with E-state index in [0.29, 0.717) is 12.6 Å². The van der Waals surface area contributed by atoms with Crippen LogP contribution >= 0.6 is 0 Å². The zero-order valence-electron chi connectivity index (χ0n) is 12.7. The molecule has 0 aliphatic carbocycles. The average molecular weight is 304 g/mol. The van der Waals surface area contributed by atoms with Gasteiger partial charge in [-0.05, 0) is 37.6 Å². The van der Waals surface area contributed by atoms with Gasteiger partial charge in [0.1, 0.15) is 5.75 Å². The number of hydrogen-bond donors (Lipinski definition) is 1. The highest BCUT2D eigenvalue weighted by molar-refractivity contribution is 5.31. The fraction of sp³-hybridized carbons (Fsp3) is 0.600. The number of halogens is 3. The van der Waals surface area contributed by atoms with Crippen LogP contribution in [0.2, 0.25) is 0 Å². The van der Waals surface area contributed by atoms with Crippen LogP contribution in [0.3, 0.4) is 0 Å². The van der Waals surface area contributed by atoms with Crippen molar-refractivity contribution in [2.75, 3.05) is 13.1 Å². The van der Waals surface area contributed by atoms with E-state index < -0.39 is 6.36 Å². The number of likely N-dealkylation sites (N-methyl/N-ethyl adjacent to an activating group) is 1. The highest BCUT2D eigenvalue weighted by Crippen LogP contribution is 2.28. The van der Waals surface area contributed by atoms with E-state index in [4.69, 9.17) is 5.73 Å². The quantitative estimate of drug-likeness (QED) is 0.834. The number of hydrogen-bond acceptors (Lipinski definition) is 3. The van der Waals surface area contributed by atoms with Crippen molar-refractivity contribution >= 4 is 0 Å². The number of ether oxygens (including phenoxy) is 1. The van der Waals surface area contributed by atoms with Crippen molar-refractivity contribution in [1.29, 1.82) is 0 Å². The Labute approximate surface area is 123 Å². The van der Waals surface area contributed by atoms with Crippen molar-refractivity contribution in [3.63, 3.8) is 0 Å². The first-order valence-electron chi connectivity index (χ1n) is 7.13. The first kappa shape index (κ1) is 17.8. The van der Waals surface area contributed by atoms with Gasteiger partial charge in [-0.2, -0.15) is 0 Å². The van der Waals surface area contributed by atoms with Crippen LogP contribution in [0.5, 0.6) is 5.75 Å². The smallest absolute Gasteiger partial charge is 0.406 e. The molecular weight excluding hydrogens is 281 g/mol. The molecule has 0 amide bonds. The van der Waals surface area contributed by atoms with E-state index in [1.54, 1.807) is 12.1 Å². The first-order valence-corrected chi connectivity index (χ1v) is 7.13. The zero-order chi connectivity index (χ0) is 16.0. The molecular formula is C15H23F3N2O. The maximum atomic E-state index is 12.3. The van der Waals surface area contributed by atoms with Crippen LogP contribution in [-0.4, -0.2) is 30.4 Å². The fourth-order valence-corrected chi connectivity index (χ4v) is 2.46. The molecule has 1 aromatic carbocycles. The highest BCUT2D eigenvalue weighted by Gasteiger charge is 2.31. The van der Waals surface area contributed by atoms with Crippen molar-refractivity contribution in [2.24, 2.45) is 5.73 Å². The molecule has 0 heterocycles. The minimum absolute atomic E-state index is 0.123. The number of rotatable bonds is 7. The third-order valence-electron chi connectivity index (χ3n) is 3.62. The summed E-state index contributed by atoms with van der Waals surface area (Å²) < 4.78 is 40.9. The third-order valence-corrected chi connectivity index (χ3v) is 3.62. The van der Waals surface area contributed by atoms with Crippen LogP contribution < -0.4 is 10.5 Å². The molecule has 2 atom stereocenters. The summed E-state index contributed by atoms with van der Waals surface area (Å²) in [5.41, 5.74) is 6.58. The van der Waals surface area contributed by atoms with Gasteiger partial charge < -0.3 is 10.5 Å². The van der Waals surface area contributed by atoms with E-state index in [-0.39, 0.29) is 11.8 Å². The highest BCUT2D eigenvalue weighted by atomic mass is 19.4. The molecule has 1 rings (SSSR count). The van der Waals surface area contributed by atoms with Crippen molar-refractivity contribution < 1.29 is 17.9 Å². The number of nitrogens with zero attached hydrogens (tertiary/aromatic N) is 1. The Hall–Kier alpha value is -1.27. The summed E-state index contributed by atoms with van der Waals surface area (Å²) in [6.45, 7) is 7.30. The van der Waals surface area contributed by atoms with E-state index in [0.717, 1.165) is 18.5 Å². The van der Waals surface area contributed by atoms with Gasteiger partial charge in [-0.15, -0.1) is 13.2 Å². The Bertz CT molecular complexity index is 437. The molecule has 21 heavy (non-hydrogen) atoms. The topological polar surface area (TPSA) is 38.5 Å². The van der Waals surface area contributed by atoms with Crippen LogP contribution in [0.4, 0.5) is 13.2 Å². The molecule has 3 nitrogen and oxygen atoms in total. The monoisotopic (exact) mass is 304 g/mol. The van der Waals surface area contributed by atoms with Gasteiger partial charge in [-0.1, -0.05) is 26.0 Å². The van der Waals surface area contributed by atoms with Gasteiger partial charge in [0, 0.05) is 18.6 Å². The number of alkyl halides is 3. The molecule has 0 aliphatic rings. The lowest BCUT2D eigenvalue weighted by molar-refractivity contribution is -0.274. The minimum atomic E-state index is -4.68. The van der Waals surface area contributed by atoms with Gasteiger partial charge in [0.05, 0.1) is 0 Å².